The number of hydrogen-bond donors (Lipinski definition) is 1. The topological polar surface area (TPSA) is 77.6 Å². The lowest BCUT2D eigenvalue weighted by atomic mass is 10.1. The molecule has 0 atom stereocenters. The first-order valence-electron chi connectivity index (χ1n) is 8.00. The number of amides is 1. The number of hydrogen-bond acceptors (Lipinski definition) is 4. The number of anilines is 1. The summed E-state index contributed by atoms with van der Waals surface area (Å²) in [5, 5.41) is 7.03. The monoisotopic (exact) mass is 348 g/mol. The van der Waals surface area contributed by atoms with E-state index in [1.54, 1.807) is 73.4 Å². The molecule has 0 aliphatic rings. The summed E-state index contributed by atoms with van der Waals surface area (Å²) < 4.78 is 8.27. The third-order valence-electron chi connectivity index (χ3n) is 4.32. The average Bonchev–Trinajstić information content (AvgIpc) is 3.16. The normalized spacial score (nSPS) is 11.0. The van der Waals surface area contributed by atoms with Crippen molar-refractivity contribution in [3.8, 4) is 5.75 Å². The molecule has 0 spiro atoms. The molecule has 2 aromatic carbocycles. The van der Waals surface area contributed by atoms with Crippen LogP contribution in [0.3, 0.4) is 0 Å². The zero-order valence-electron chi connectivity index (χ0n) is 14.3. The van der Waals surface area contributed by atoms with Crippen LogP contribution in [0.5, 0.6) is 5.75 Å². The Labute approximate surface area is 148 Å². The Kier molecular flexibility index (Phi) is 3.69. The molecule has 0 aliphatic heterocycles. The second kappa shape index (κ2) is 6.03. The van der Waals surface area contributed by atoms with Crippen molar-refractivity contribution in [3.05, 3.63) is 70.6 Å². The number of benzene rings is 2. The Balaban J connectivity index is 1.77. The molecule has 2 aromatic heterocycles. The van der Waals surface area contributed by atoms with Crippen LogP contribution in [0, 0.1) is 0 Å². The summed E-state index contributed by atoms with van der Waals surface area (Å²) in [6, 6.07) is 14.0. The highest BCUT2D eigenvalue weighted by molar-refractivity contribution is 6.06. The molecule has 0 saturated heterocycles. The molecule has 0 radical (unpaired) electrons. The second-order valence-corrected chi connectivity index (χ2v) is 5.88. The molecule has 2 heterocycles. The number of methoxy groups -OCH3 is 1. The standard InChI is InChI=1S/C19H16N4O3/c1-22-17-10-12(18(24)21-13-4-3-5-14(11-13)26-2)6-7-15(17)23-16(19(22)25)8-9-20-23/h3-11H,1-2H3,(H,21,24). The van der Waals surface area contributed by atoms with E-state index in [2.05, 4.69) is 10.4 Å². The Hall–Kier alpha value is -3.61. The van der Waals surface area contributed by atoms with E-state index in [0.717, 1.165) is 5.52 Å². The van der Waals surface area contributed by atoms with Crippen molar-refractivity contribution >= 4 is 28.1 Å². The Bertz CT molecular complexity index is 1210. The van der Waals surface area contributed by atoms with E-state index in [1.165, 1.54) is 4.57 Å². The molecule has 0 fully saturated rings. The van der Waals surface area contributed by atoms with Crippen LogP contribution in [0.4, 0.5) is 5.69 Å². The molecule has 0 aliphatic carbocycles. The molecule has 0 saturated carbocycles. The Morgan fingerprint density at radius 2 is 1.92 bits per heavy atom. The van der Waals surface area contributed by atoms with Crippen LogP contribution < -0.4 is 15.6 Å². The molecule has 4 rings (SSSR count). The number of fused-ring (bicyclic) bond motifs is 3. The van der Waals surface area contributed by atoms with E-state index >= 15 is 0 Å². The van der Waals surface area contributed by atoms with E-state index < -0.39 is 0 Å². The van der Waals surface area contributed by atoms with Crippen LogP contribution in [0.1, 0.15) is 10.4 Å². The third-order valence-corrected chi connectivity index (χ3v) is 4.32. The molecule has 130 valence electrons. The molecule has 1 amide bonds. The van der Waals surface area contributed by atoms with E-state index in [0.29, 0.717) is 28.0 Å². The van der Waals surface area contributed by atoms with Crippen LogP contribution in [0.2, 0.25) is 0 Å². The summed E-state index contributed by atoms with van der Waals surface area (Å²) in [7, 11) is 3.25. The van der Waals surface area contributed by atoms with Gasteiger partial charge in [0.05, 0.1) is 24.3 Å². The number of nitrogens with one attached hydrogen (secondary N) is 1. The van der Waals surface area contributed by atoms with Gasteiger partial charge in [-0.05, 0) is 36.4 Å². The average molecular weight is 348 g/mol. The second-order valence-electron chi connectivity index (χ2n) is 5.88. The first-order chi connectivity index (χ1) is 12.6. The molecule has 4 aromatic rings. The highest BCUT2D eigenvalue weighted by Crippen LogP contribution is 2.19. The van der Waals surface area contributed by atoms with Gasteiger partial charge in [0.25, 0.3) is 11.5 Å². The summed E-state index contributed by atoms with van der Waals surface area (Å²) in [5.41, 5.74) is 2.79. The van der Waals surface area contributed by atoms with Crippen molar-refractivity contribution in [2.75, 3.05) is 12.4 Å². The molecule has 7 heteroatoms. The predicted octanol–water partition coefficient (Wildman–Crippen LogP) is 2.45. The number of nitrogens with zero attached hydrogens (tertiary/aromatic N) is 3. The van der Waals surface area contributed by atoms with E-state index in [4.69, 9.17) is 4.74 Å². The fourth-order valence-electron chi connectivity index (χ4n) is 2.95. The number of ether oxygens (including phenoxy) is 1. The van der Waals surface area contributed by atoms with Gasteiger partial charge in [0, 0.05) is 24.4 Å². The summed E-state index contributed by atoms with van der Waals surface area (Å²) in [5.74, 6) is 0.387. The fraction of sp³-hybridized carbons (Fsp3) is 0.105. The highest BCUT2D eigenvalue weighted by atomic mass is 16.5. The third kappa shape index (κ3) is 2.50. The molecular weight excluding hydrogens is 332 g/mol. The van der Waals surface area contributed by atoms with Gasteiger partial charge in [0.1, 0.15) is 11.3 Å². The fourth-order valence-corrected chi connectivity index (χ4v) is 2.95. The Morgan fingerprint density at radius 3 is 2.73 bits per heavy atom. The van der Waals surface area contributed by atoms with Gasteiger partial charge in [-0.3, -0.25) is 9.59 Å². The summed E-state index contributed by atoms with van der Waals surface area (Å²) in [4.78, 5) is 25.0. The maximum atomic E-state index is 12.6. The number of carbonyl (C=O) groups excluding carboxylic acids is 1. The van der Waals surface area contributed by atoms with Crippen LogP contribution >= 0.6 is 0 Å². The SMILES string of the molecule is COc1cccc(NC(=O)c2ccc3c(c2)n(C)c(=O)c2ccnn23)c1. The first-order valence-corrected chi connectivity index (χ1v) is 8.00. The van der Waals surface area contributed by atoms with Crippen molar-refractivity contribution in [3.63, 3.8) is 0 Å². The lowest BCUT2D eigenvalue weighted by Gasteiger charge is -2.10. The lowest BCUT2D eigenvalue weighted by molar-refractivity contribution is 0.102. The van der Waals surface area contributed by atoms with Crippen LogP contribution in [0.25, 0.3) is 16.6 Å². The number of carbonyl (C=O) groups is 1. The molecule has 7 nitrogen and oxygen atoms in total. The smallest absolute Gasteiger partial charge is 0.276 e. The summed E-state index contributed by atoms with van der Waals surface area (Å²) >= 11 is 0. The van der Waals surface area contributed by atoms with Gasteiger partial charge in [0.2, 0.25) is 0 Å². The molecule has 26 heavy (non-hydrogen) atoms. The van der Waals surface area contributed by atoms with Crippen LogP contribution in [-0.4, -0.2) is 27.2 Å². The Morgan fingerprint density at radius 1 is 1.08 bits per heavy atom. The number of aryl methyl sites for hydroxylation is 1. The van der Waals surface area contributed by atoms with Gasteiger partial charge in [-0.1, -0.05) is 6.07 Å². The quantitative estimate of drug-likeness (QED) is 0.617. The molecule has 0 bridgehead atoms. The van der Waals surface area contributed by atoms with Crippen molar-refractivity contribution in [1.29, 1.82) is 0 Å². The van der Waals surface area contributed by atoms with Gasteiger partial charge >= 0.3 is 0 Å². The summed E-state index contributed by atoms with van der Waals surface area (Å²) in [6.07, 6.45) is 1.58. The van der Waals surface area contributed by atoms with E-state index in [9.17, 15) is 9.59 Å². The van der Waals surface area contributed by atoms with E-state index in [1.807, 2.05) is 0 Å². The highest BCUT2D eigenvalue weighted by Gasteiger charge is 2.13. The maximum Gasteiger partial charge on any atom is 0.276 e. The minimum Gasteiger partial charge on any atom is -0.497 e. The van der Waals surface area contributed by atoms with Crippen molar-refractivity contribution in [1.82, 2.24) is 14.2 Å². The predicted molar refractivity (Wildman–Crippen MR) is 98.9 cm³/mol. The zero-order chi connectivity index (χ0) is 18.3. The minimum absolute atomic E-state index is 0.166. The van der Waals surface area contributed by atoms with Gasteiger partial charge in [-0.15, -0.1) is 0 Å². The molecular formula is C19H16N4O3. The van der Waals surface area contributed by atoms with Crippen molar-refractivity contribution < 1.29 is 9.53 Å². The maximum absolute atomic E-state index is 12.6. The molecule has 0 unspecified atom stereocenters. The number of rotatable bonds is 3. The van der Waals surface area contributed by atoms with Crippen molar-refractivity contribution in [2.45, 2.75) is 0 Å². The zero-order valence-corrected chi connectivity index (χ0v) is 14.3. The van der Waals surface area contributed by atoms with Gasteiger partial charge in [-0.25, -0.2) is 4.52 Å². The van der Waals surface area contributed by atoms with Crippen LogP contribution in [0.15, 0.2) is 59.5 Å². The van der Waals surface area contributed by atoms with E-state index in [-0.39, 0.29) is 11.5 Å². The van der Waals surface area contributed by atoms with Crippen LogP contribution in [-0.2, 0) is 7.05 Å². The first kappa shape index (κ1) is 15.9. The largest absolute Gasteiger partial charge is 0.497 e. The number of aromatic nitrogens is 3. The molecule has 1 N–H and O–H groups in total. The summed E-state index contributed by atoms with van der Waals surface area (Å²) in [6.45, 7) is 0. The van der Waals surface area contributed by atoms with Gasteiger partial charge < -0.3 is 14.6 Å². The van der Waals surface area contributed by atoms with Gasteiger partial charge in [0.15, 0.2) is 0 Å². The van der Waals surface area contributed by atoms with Gasteiger partial charge in [-0.2, -0.15) is 5.10 Å². The van der Waals surface area contributed by atoms with Crippen molar-refractivity contribution in [2.24, 2.45) is 7.05 Å². The minimum atomic E-state index is -0.270. The lowest BCUT2D eigenvalue weighted by Crippen LogP contribution is -2.20.